The summed E-state index contributed by atoms with van der Waals surface area (Å²) in [5, 5.41) is 3.11. The van der Waals surface area contributed by atoms with Crippen LogP contribution in [0.15, 0.2) is 77.7 Å². The molecule has 4 rings (SSSR count). The molecule has 0 spiro atoms. The number of nitrogens with one attached hydrogen (secondary N) is 1. The highest BCUT2D eigenvalue weighted by Gasteiger charge is 2.27. The van der Waals surface area contributed by atoms with Gasteiger partial charge in [0.1, 0.15) is 5.75 Å². The molecule has 0 saturated carbocycles. The van der Waals surface area contributed by atoms with Gasteiger partial charge >= 0.3 is 0 Å². The minimum Gasteiger partial charge on any atom is -0.497 e. The Morgan fingerprint density at radius 1 is 0.912 bits per heavy atom. The van der Waals surface area contributed by atoms with Gasteiger partial charge in [-0.1, -0.05) is 55.0 Å². The Hall–Kier alpha value is -3.16. The standard InChI is InChI=1S/C27H30N2O4S/c1-20-11-16-24(34(31,32)29-17-7-4-8-18-29)19-25(20)27(30)28-26(21-9-5-3-6-10-21)22-12-14-23(33-2)15-13-22/h3,5-6,9-16,19,26H,4,7-8,17-18H2,1-2H3,(H,28,30). The Morgan fingerprint density at radius 3 is 2.21 bits per heavy atom. The summed E-state index contributed by atoms with van der Waals surface area (Å²) in [6, 6.07) is 21.6. The van der Waals surface area contributed by atoms with E-state index in [0.29, 0.717) is 18.7 Å². The molecule has 7 heteroatoms. The number of carbonyl (C=O) groups excluding carboxylic acids is 1. The molecule has 1 fully saturated rings. The van der Waals surface area contributed by atoms with Gasteiger partial charge < -0.3 is 10.1 Å². The first-order chi connectivity index (χ1) is 16.4. The van der Waals surface area contributed by atoms with E-state index in [-0.39, 0.29) is 10.8 Å². The molecule has 1 aliphatic rings. The Kier molecular flexibility index (Phi) is 7.34. The van der Waals surface area contributed by atoms with Crippen LogP contribution in [-0.4, -0.2) is 38.8 Å². The minimum absolute atomic E-state index is 0.158. The molecular weight excluding hydrogens is 448 g/mol. The van der Waals surface area contributed by atoms with Crippen LogP contribution >= 0.6 is 0 Å². The number of hydrogen-bond donors (Lipinski definition) is 1. The topological polar surface area (TPSA) is 75.7 Å². The number of rotatable bonds is 7. The molecule has 1 atom stereocenters. The van der Waals surface area contributed by atoms with E-state index in [2.05, 4.69) is 5.32 Å². The molecule has 0 aromatic heterocycles. The van der Waals surface area contributed by atoms with Crippen LogP contribution in [0, 0.1) is 6.92 Å². The van der Waals surface area contributed by atoms with Crippen molar-refractivity contribution < 1.29 is 17.9 Å². The lowest BCUT2D eigenvalue weighted by Gasteiger charge is -2.26. The average molecular weight is 479 g/mol. The van der Waals surface area contributed by atoms with Crippen LogP contribution in [0.1, 0.15) is 52.4 Å². The fraction of sp³-hybridized carbons (Fsp3) is 0.296. The van der Waals surface area contributed by atoms with Gasteiger partial charge in [0.25, 0.3) is 5.91 Å². The molecule has 0 bridgehead atoms. The highest BCUT2D eigenvalue weighted by Crippen LogP contribution is 2.27. The maximum absolute atomic E-state index is 13.5. The van der Waals surface area contributed by atoms with Crippen molar-refractivity contribution in [2.45, 2.75) is 37.1 Å². The van der Waals surface area contributed by atoms with Gasteiger partial charge in [-0.2, -0.15) is 4.31 Å². The van der Waals surface area contributed by atoms with Gasteiger partial charge in [0.15, 0.2) is 0 Å². The number of nitrogens with zero attached hydrogens (tertiary/aromatic N) is 1. The maximum Gasteiger partial charge on any atom is 0.252 e. The minimum atomic E-state index is -3.64. The van der Waals surface area contributed by atoms with Crippen molar-refractivity contribution in [3.63, 3.8) is 0 Å². The van der Waals surface area contributed by atoms with E-state index in [1.807, 2.05) is 61.5 Å². The second kappa shape index (κ2) is 10.4. The van der Waals surface area contributed by atoms with E-state index >= 15 is 0 Å². The van der Waals surface area contributed by atoms with Crippen LogP contribution in [0.2, 0.25) is 0 Å². The van der Waals surface area contributed by atoms with E-state index < -0.39 is 16.1 Å². The molecule has 1 amide bonds. The summed E-state index contributed by atoms with van der Waals surface area (Å²) in [5.41, 5.74) is 2.90. The lowest BCUT2D eigenvalue weighted by atomic mass is 9.97. The maximum atomic E-state index is 13.5. The van der Waals surface area contributed by atoms with Gasteiger partial charge in [-0.05, 0) is 60.7 Å². The molecule has 1 unspecified atom stereocenters. The summed E-state index contributed by atoms with van der Waals surface area (Å²) >= 11 is 0. The van der Waals surface area contributed by atoms with E-state index in [4.69, 9.17) is 4.74 Å². The molecule has 3 aromatic rings. The summed E-state index contributed by atoms with van der Waals surface area (Å²) < 4.78 is 33.2. The van der Waals surface area contributed by atoms with Gasteiger partial charge in [0.2, 0.25) is 10.0 Å². The number of carbonyl (C=O) groups is 1. The van der Waals surface area contributed by atoms with E-state index in [1.165, 1.54) is 10.4 Å². The number of methoxy groups -OCH3 is 1. The molecule has 178 valence electrons. The third-order valence-corrected chi connectivity index (χ3v) is 8.16. The van der Waals surface area contributed by atoms with Crippen LogP contribution in [0.25, 0.3) is 0 Å². The van der Waals surface area contributed by atoms with E-state index in [9.17, 15) is 13.2 Å². The van der Waals surface area contributed by atoms with Crippen LogP contribution in [0.4, 0.5) is 0 Å². The quantitative estimate of drug-likeness (QED) is 0.534. The van der Waals surface area contributed by atoms with Crippen molar-refractivity contribution >= 4 is 15.9 Å². The van der Waals surface area contributed by atoms with Gasteiger partial charge in [-0.15, -0.1) is 0 Å². The van der Waals surface area contributed by atoms with Gasteiger partial charge in [0, 0.05) is 18.7 Å². The molecule has 1 N–H and O–H groups in total. The highest BCUT2D eigenvalue weighted by atomic mass is 32.2. The second-order valence-corrected chi connectivity index (χ2v) is 10.5. The van der Waals surface area contributed by atoms with Gasteiger partial charge in [-0.25, -0.2) is 8.42 Å². The lowest BCUT2D eigenvalue weighted by Crippen LogP contribution is -2.36. The number of ether oxygens (including phenoxy) is 1. The largest absolute Gasteiger partial charge is 0.497 e. The summed E-state index contributed by atoms with van der Waals surface area (Å²) in [7, 11) is -2.03. The molecule has 0 radical (unpaired) electrons. The fourth-order valence-electron chi connectivity index (χ4n) is 4.27. The third-order valence-electron chi connectivity index (χ3n) is 6.26. The number of benzene rings is 3. The molecule has 34 heavy (non-hydrogen) atoms. The molecule has 3 aromatic carbocycles. The van der Waals surface area contributed by atoms with Crippen molar-refractivity contribution in [1.82, 2.24) is 9.62 Å². The monoisotopic (exact) mass is 478 g/mol. The average Bonchev–Trinajstić information content (AvgIpc) is 2.88. The number of hydrogen-bond acceptors (Lipinski definition) is 4. The van der Waals surface area contributed by atoms with Crippen molar-refractivity contribution in [3.05, 3.63) is 95.1 Å². The summed E-state index contributed by atoms with van der Waals surface area (Å²) in [4.78, 5) is 13.6. The second-order valence-electron chi connectivity index (χ2n) is 8.53. The molecular formula is C27H30N2O4S. The van der Waals surface area contributed by atoms with Crippen molar-refractivity contribution in [3.8, 4) is 5.75 Å². The predicted octanol–water partition coefficient (Wildman–Crippen LogP) is 4.70. The zero-order valence-electron chi connectivity index (χ0n) is 19.5. The smallest absolute Gasteiger partial charge is 0.252 e. The fourth-order valence-corrected chi connectivity index (χ4v) is 5.81. The summed E-state index contributed by atoms with van der Waals surface area (Å²) in [5.74, 6) is 0.409. The first-order valence-corrected chi connectivity index (χ1v) is 12.9. The number of piperidine rings is 1. The zero-order valence-corrected chi connectivity index (χ0v) is 20.3. The van der Waals surface area contributed by atoms with Crippen LogP contribution in [0.5, 0.6) is 5.75 Å². The lowest BCUT2D eigenvalue weighted by molar-refractivity contribution is 0.0942. The van der Waals surface area contributed by atoms with E-state index in [1.54, 1.807) is 19.2 Å². The Balaban J connectivity index is 1.65. The number of aryl methyl sites for hydroxylation is 1. The summed E-state index contributed by atoms with van der Waals surface area (Å²) in [6.45, 7) is 2.85. The number of sulfonamides is 1. The third kappa shape index (κ3) is 5.16. The normalized spacial score (nSPS) is 15.5. The summed E-state index contributed by atoms with van der Waals surface area (Å²) in [6.07, 6.45) is 2.76. The first-order valence-electron chi connectivity index (χ1n) is 11.5. The van der Waals surface area contributed by atoms with Gasteiger partial charge in [-0.3, -0.25) is 4.79 Å². The number of amides is 1. The Bertz CT molecular complexity index is 1240. The predicted molar refractivity (Wildman–Crippen MR) is 133 cm³/mol. The Morgan fingerprint density at radius 2 is 1.56 bits per heavy atom. The molecule has 6 nitrogen and oxygen atoms in total. The first kappa shape index (κ1) is 24.0. The highest BCUT2D eigenvalue weighted by molar-refractivity contribution is 7.89. The van der Waals surface area contributed by atoms with Crippen LogP contribution in [0.3, 0.4) is 0 Å². The van der Waals surface area contributed by atoms with Gasteiger partial charge in [0.05, 0.1) is 18.0 Å². The van der Waals surface area contributed by atoms with Crippen molar-refractivity contribution in [2.75, 3.05) is 20.2 Å². The zero-order chi connectivity index (χ0) is 24.1. The van der Waals surface area contributed by atoms with E-state index in [0.717, 1.165) is 41.7 Å². The molecule has 1 saturated heterocycles. The van der Waals surface area contributed by atoms with Crippen molar-refractivity contribution in [2.24, 2.45) is 0 Å². The van der Waals surface area contributed by atoms with Crippen LogP contribution in [-0.2, 0) is 10.0 Å². The Labute approximate surface area is 201 Å². The SMILES string of the molecule is COc1ccc(C(NC(=O)c2cc(S(=O)(=O)N3CCCCC3)ccc2C)c2ccccc2)cc1. The van der Waals surface area contributed by atoms with Crippen LogP contribution < -0.4 is 10.1 Å². The molecule has 1 heterocycles. The van der Waals surface area contributed by atoms with Crippen molar-refractivity contribution in [1.29, 1.82) is 0 Å². The molecule has 0 aliphatic carbocycles. The molecule has 1 aliphatic heterocycles.